The van der Waals surface area contributed by atoms with Gasteiger partial charge in [0.15, 0.2) is 0 Å². The fourth-order valence-electron chi connectivity index (χ4n) is 2.25. The molecule has 0 aliphatic heterocycles. The fraction of sp³-hybridized carbons (Fsp3) is 0.917. The van der Waals surface area contributed by atoms with Gasteiger partial charge in [0.1, 0.15) is 0 Å². The van der Waals surface area contributed by atoms with E-state index in [-0.39, 0.29) is 0 Å². The van der Waals surface area contributed by atoms with Gasteiger partial charge in [-0.1, -0.05) is 0 Å². The van der Waals surface area contributed by atoms with Crippen molar-refractivity contribution in [2.75, 3.05) is 20.1 Å². The Morgan fingerprint density at radius 1 is 1.27 bits per heavy atom. The van der Waals surface area contributed by atoms with Gasteiger partial charge in [0.05, 0.1) is 0 Å². The second kappa shape index (κ2) is 6.11. The number of carbonyl (C=O) groups excluding carboxylic acids is 1. The van der Waals surface area contributed by atoms with Crippen LogP contribution in [0.4, 0.5) is 0 Å². The topological polar surface area (TPSA) is 46.3 Å². The average Bonchev–Trinajstić information content (AvgIpc) is 2.29. The van der Waals surface area contributed by atoms with Crippen molar-refractivity contribution < 1.29 is 4.79 Å². The molecule has 0 bridgehead atoms. The van der Waals surface area contributed by atoms with Crippen LogP contribution in [-0.4, -0.2) is 30.9 Å². The van der Waals surface area contributed by atoms with Crippen LogP contribution in [-0.2, 0) is 4.79 Å². The van der Waals surface area contributed by atoms with Gasteiger partial charge in [-0.25, -0.2) is 0 Å². The van der Waals surface area contributed by atoms with Gasteiger partial charge >= 0.3 is 0 Å². The van der Waals surface area contributed by atoms with Gasteiger partial charge in [-0.2, -0.15) is 0 Å². The Kier molecular flexibility index (Phi) is 5.09. The van der Waals surface area contributed by atoms with Crippen LogP contribution in [0.5, 0.6) is 0 Å². The molecule has 1 aliphatic carbocycles. The number of nitrogens with zero attached hydrogens (tertiary/aromatic N) is 1. The Balaban J connectivity index is 2.26. The molecule has 15 heavy (non-hydrogen) atoms. The van der Waals surface area contributed by atoms with Crippen LogP contribution in [0.15, 0.2) is 0 Å². The summed E-state index contributed by atoms with van der Waals surface area (Å²) in [5, 5.41) is 0. The third-order valence-electron chi connectivity index (χ3n) is 3.66. The van der Waals surface area contributed by atoms with E-state index in [1.807, 2.05) is 18.9 Å². The lowest BCUT2D eigenvalue weighted by molar-refractivity contribution is -0.131. The minimum atomic E-state index is 0.300. The van der Waals surface area contributed by atoms with Crippen molar-refractivity contribution in [1.29, 1.82) is 0 Å². The van der Waals surface area contributed by atoms with E-state index in [4.69, 9.17) is 5.73 Å². The zero-order valence-electron chi connectivity index (χ0n) is 10.0. The summed E-state index contributed by atoms with van der Waals surface area (Å²) in [6, 6.07) is 0. The molecule has 0 aromatic heterocycles. The minimum Gasteiger partial charge on any atom is -0.346 e. The number of rotatable bonds is 4. The summed E-state index contributed by atoms with van der Waals surface area (Å²) in [6.07, 6.45) is 5.53. The van der Waals surface area contributed by atoms with E-state index in [9.17, 15) is 4.79 Å². The number of hydrogen-bond acceptors (Lipinski definition) is 2. The number of nitrogens with two attached hydrogens (primary N) is 1. The summed E-state index contributed by atoms with van der Waals surface area (Å²) in [5.74, 6) is 1.61. The molecule has 0 aromatic rings. The second-order valence-electron chi connectivity index (χ2n) is 4.73. The van der Waals surface area contributed by atoms with Gasteiger partial charge in [-0.3, -0.25) is 4.79 Å². The van der Waals surface area contributed by atoms with Crippen molar-refractivity contribution in [3.63, 3.8) is 0 Å². The summed E-state index contributed by atoms with van der Waals surface area (Å²) in [5.41, 5.74) is 5.64. The summed E-state index contributed by atoms with van der Waals surface area (Å²) in [6.45, 7) is 3.65. The normalized spacial score (nSPS) is 26.3. The first-order chi connectivity index (χ1) is 7.17. The molecule has 1 aliphatic rings. The molecule has 0 spiro atoms. The molecular weight excluding hydrogens is 188 g/mol. The summed E-state index contributed by atoms with van der Waals surface area (Å²) < 4.78 is 0. The van der Waals surface area contributed by atoms with Gasteiger partial charge in [0.25, 0.3) is 0 Å². The maximum atomic E-state index is 11.7. The minimum absolute atomic E-state index is 0.300. The number of carbonyl (C=O) groups is 1. The molecule has 1 saturated carbocycles. The van der Waals surface area contributed by atoms with Crippen LogP contribution < -0.4 is 5.73 Å². The summed E-state index contributed by atoms with van der Waals surface area (Å²) in [7, 11) is 1.88. The maximum Gasteiger partial charge on any atom is 0.222 e. The van der Waals surface area contributed by atoms with E-state index in [2.05, 4.69) is 0 Å². The predicted molar refractivity (Wildman–Crippen MR) is 62.4 cm³/mol. The van der Waals surface area contributed by atoms with Gasteiger partial charge in [0.2, 0.25) is 5.91 Å². The Bertz CT molecular complexity index is 198. The molecule has 0 aromatic carbocycles. The number of hydrogen-bond donors (Lipinski definition) is 1. The van der Waals surface area contributed by atoms with Gasteiger partial charge in [-0.05, 0) is 51.0 Å². The highest BCUT2D eigenvalue weighted by molar-refractivity contribution is 5.76. The zero-order valence-corrected chi connectivity index (χ0v) is 10.0. The smallest absolute Gasteiger partial charge is 0.222 e. The van der Waals surface area contributed by atoms with Crippen LogP contribution in [0.2, 0.25) is 0 Å². The molecule has 1 fully saturated rings. The van der Waals surface area contributed by atoms with Gasteiger partial charge in [0, 0.05) is 20.0 Å². The van der Waals surface area contributed by atoms with E-state index < -0.39 is 0 Å². The van der Waals surface area contributed by atoms with Crippen molar-refractivity contribution >= 4 is 5.91 Å². The molecule has 2 N–H and O–H groups in total. The van der Waals surface area contributed by atoms with E-state index in [1.54, 1.807) is 0 Å². The lowest BCUT2D eigenvalue weighted by atomic mass is 9.80. The molecule has 0 unspecified atom stereocenters. The highest BCUT2D eigenvalue weighted by Gasteiger charge is 2.22. The molecule has 1 rings (SSSR count). The summed E-state index contributed by atoms with van der Waals surface area (Å²) in [4.78, 5) is 13.5. The first-order valence-electron chi connectivity index (χ1n) is 6.11. The Labute approximate surface area is 93.0 Å². The van der Waals surface area contributed by atoms with E-state index in [1.165, 1.54) is 25.7 Å². The first kappa shape index (κ1) is 12.5. The van der Waals surface area contributed by atoms with Crippen LogP contribution in [0.1, 0.15) is 39.0 Å². The highest BCUT2D eigenvalue weighted by Crippen LogP contribution is 2.30. The van der Waals surface area contributed by atoms with Crippen molar-refractivity contribution in [3.8, 4) is 0 Å². The largest absolute Gasteiger partial charge is 0.346 e. The highest BCUT2D eigenvalue weighted by atomic mass is 16.2. The van der Waals surface area contributed by atoms with Crippen LogP contribution in [0.25, 0.3) is 0 Å². The van der Waals surface area contributed by atoms with E-state index >= 15 is 0 Å². The van der Waals surface area contributed by atoms with E-state index in [0.29, 0.717) is 17.7 Å². The molecule has 3 nitrogen and oxygen atoms in total. The third kappa shape index (κ3) is 3.82. The average molecular weight is 212 g/mol. The van der Waals surface area contributed by atoms with Crippen molar-refractivity contribution in [2.45, 2.75) is 39.0 Å². The van der Waals surface area contributed by atoms with Crippen molar-refractivity contribution in [1.82, 2.24) is 4.90 Å². The Morgan fingerprint density at radius 3 is 2.27 bits per heavy atom. The Morgan fingerprint density at radius 2 is 1.80 bits per heavy atom. The zero-order chi connectivity index (χ0) is 11.3. The molecule has 1 amide bonds. The quantitative estimate of drug-likeness (QED) is 0.769. The van der Waals surface area contributed by atoms with Crippen LogP contribution >= 0.6 is 0 Å². The second-order valence-corrected chi connectivity index (χ2v) is 4.73. The molecule has 3 heteroatoms. The molecule has 0 radical (unpaired) electrons. The Hall–Kier alpha value is -0.570. The van der Waals surface area contributed by atoms with Gasteiger partial charge in [-0.15, -0.1) is 0 Å². The molecule has 0 atom stereocenters. The SMILES string of the molecule is CCN(C)C(=O)CC1CCC(CN)CC1. The summed E-state index contributed by atoms with van der Waals surface area (Å²) >= 11 is 0. The predicted octanol–water partition coefficient (Wildman–Crippen LogP) is 1.62. The first-order valence-corrected chi connectivity index (χ1v) is 6.11. The third-order valence-corrected chi connectivity index (χ3v) is 3.66. The molecule has 88 valence electrons. The molecule has 0 heterocycles. The van der Waals surface area contributed by atoms with E-state index in [0.717, 1.165) is 19.5 Å². The lowest BCUT2D eigenvalue weighted by Gasteiger charge is -2.28. The standard InChI is InChI=1S/C12H24N2O/c1-3-14(2)12(15)8-10-4-6-11(9-13)7-5-10/h10-11H,3-9,13H2,1-2H3. The van der Waals surface area contributed by atoms with Gasteiger partial charge < -0.3 is 10.6 Å². The maximum absolute atomic E-state index is 11.7. The fourth-order valence-corrected chi connectivity index (χ4v) is 2.25. The monoisotopic (exact) mass is 212 g/mol. The van der Waals surface area contributed by atoms with Crippen molar-refractivity contribution in [2.24, 2.45) is 17.6 Å². The lowest BCUT2D eigenvalue weighted by Crippen LogP contribution is -2.30. The molecular formula is C12H24N2O. The van der Waals surface area contributed by atoms with Crippen molar-refractivity contribution in [3.05, 3.63) is 0 Å². The number of amides is 1. The van der Waals surface area contributed by atoms with Crippen LogP contribution in [0.3, 0.4) is 0 Å². The van der Waals surface area contributed by atoms with Crippen LogP contribution in [0, 0.1) is 11.8 Å². The molecule has 0 saturated heterocycles.